The van der Waals surface area contributed by atoms with Gasteiger partial charge in [0.25, 0.3) is 0 Å². The van der Waals surface area contributed by atoms with Crippen molar-refractivity contribution in [3.8, 4) is 0 Å². The Bertz CT molecular complexity index is 892. The molecule has 4 nitrogen and oxygen atoms in total. The normalized spacial score (nSPS) is 19.6. The van der Waals surface area contributed by atoms with Gasteiger partial charge in [-0.2, -0.15) is 0 Å². The van der Waals surface area contributed by atoms with Gasteiger partial charge >= 0.3 is 0 Å². The molecule has 1 heterocycles. The third-order valence-electron chi connectivity index (χ3n) is 4.94. The van der Waals surface area contributed by atoms with E-state index >= 15 is 0 Å². The quantitative estimate of drug-likeness (QED) is 0.658. The van der Waals surface area contributed by atoms with E-state index in [0.717, 1.165) is 40.8 Å². The maximum Gasteiger partial charge on any atom is 0.189 e. The Hall–Kier alpha value is -2.21. The van der Waals surface area contributed by atoms with Crippen molar-refractivity contribution in [2.45, 2.75) is 36.8 Å². The van der Waals surface area contributed by atoms with Crippen molar-refractivity contribution >= 4 is 23.4 Å². The molecule has 1 aromatic heterocycles. The van der Waals surface area contributed by atoms with Crippen LogP contribution in [0.5, 0.6) is 0 Å². The van der Waals surface area contributed by atoms with Crippen molar-refractivity contribution in [2.24, 2.45) is 0 Å². The van der Waals surface area contributed by atoms with Gasteiger partial charge in [0.2, 0.25) is 0 Å². The molecule has 2 aromatic rings. The summed E-state index contributed by atoms with van der Waals surface area (Å²) >= 11 is 1.45. The number of carbonyl (C=O) groups is 1. The van der Waals surface area contributed by atoms with E-state index in [9.17, 15) is 9.18 Å². The van der Waals surface area contributed by atoms with Crippen LogP contribution in [0.4, 0.5) is 10.2 Å². The summed E-state index contributed by atoms with van der Waals surface area (Å²) in [6.45, 7) is 0. The maximum absolute atomic E-state index is 13.4. The lowest BCUT2D eigenvalue weighted by Gasteiger charge is -2.33. The van der Waals surface area contributed by atoms with Crippen LogP contribution < -0.4 is 5.73 Å². The number of thioether (sulfide) groups is 1. The van der Waals surface area contributed by atoms with E-state index in [-0.39, 0.29) is 17.5 Å². The van der Waals surface area contributed by atoms with Crippen molar-refractivity contribution in [3.63, 3.8) is 0 Å². The lowest BCUT2D eigenvalue weighted by molar-refractivity contribution is -0.116. The Morgan fingerprint density at radius 3 is 2.68 bits per heavy atom. The highest BCUT2D eigenvalue weighted by Crippen LogP contribution is 2.46. The van der Waals surface area contributed by atoms with E-state index in [1.807, 2.05) is 6.26 Å². The highest BCUT2D eigenvalue weighted by molar-refractivity contribution is 7.98. The molecule has 0 spiro atoms. The third kappa shape index (κ3) is 2.74. The van der Waals surface area contributed by atoms with Crippen LogP contribution >= 0.6 is 11.8 Å². The molecule has 6 heteroatoms. The second kappa shape index (κ2) is 6.26. The zero-order chi connectivity index (χ0) is 17.6. The minimum Gasteiger partial charge on any atom is -0.383 e. The Morgan fingerprint density at radius 1 is 1.20 bits per heavy atom. The van der Waals surface area contributed by atoms with Crippen molar-refractivity contribution < 1.29 is 9.18 Å². The van der Waals surface area contributed by atoms with Crippen LogP contribution in [0, 0.1) is 5.82 Å². The van der Waals surface area contributed by atoms with Gasteiger partial charge in [0.1, 0.15) is 11.6 Å². The molecule has 0 aliphatic heterocycles. The molecule has 2 N–H and O–H groups in total. The molecular formula is C19H18FN3OS. The first kappa shape index (κ1) is 16.3. The van der Waals surface area contributed by atoms with Crippen LogP contribution in [0.25, 0.3) is 0 Å². The van der Waals surface area contributed by atoms with Crippen molar-refractivity contribution in [1.82, 2.24) is 9.97 Å². The Morgan fingerprint density at radius 2 is 1.96 bits per heavy atom. The molecular weight excluding hydrogens is 337 g/mol. The molecule has 1 aromatic carbocycles. The van der Waals surface area contributed by atoms with Crippen LogP contribution in [0.3, 0.4) is 0 Å². The molecule has 4 rings (SSSR count). The first-order valence-electron chi connectivity index (χ1n) is 8.29. The van der Waals surface area contributed by atoms with Gasteiger partial charge in [-0.05, 0) is 36.8 Å². The van der Waals surface area contributed by atoms with Gasteiger partial charge in [0.15, 0.2) is 10.9 Å². The van der Waals surface area contributed by atoms with Crippen LogP contribution in [0.1, 0.15) is 42.0 Å². The lowest BCUT2D eigenvalue weighted by Crippen LogP contribution is -2.27. The van der Waals surface area contributed by atoms with E-state index in [1.165, 1.54) is 23.9 Å². The van der Waals surface area contributed by atoms with Crippen molar-refractivity contribution in [2.75, 3.05) is 12.0 Å². The smallest absolute Gasteiger partial charge is 0.189 e. The van der Waals surface area contributed by atoms with Crippen molar-refractivity contribution in [3.05, 3.63) is 58.0 Å². The topological polar surface area (TPSA) is 68.9 Å². The van der Waals surface area contributed by atoms with Crippen LogP contribution in [0.2, 0.25) is 0 Å². The maximum atomic E-state index is 13.4. The first-order chi connectivity index (χ1) is 12.1. The second-order valence-electron chi connectivity index (χ2n) is 6.41. The Labute approximate surface area is 149 Å². The molecule has 128 valence electrons. The number of Topliss-reactive ketones (excluding diaryl/α,β-unsaturated/α-hetero) is 1. The van der Waals surface area contributed by atoms with Crippen LogP contribution in [0.15, 0.2) is 40.6 Å². The average Bonchev–Trinajstić information content (AvgIpc) is 2.61. The molecule has 25 heavy (non-hydrogen) atoms. The number of allylic oxidation sites excluding steroid dienone is 2. The molecule has 0 saturated heterocycles. The number of hydrogen-bond donors (Lipinski definition) is 1. The third-order valence-corrected chi connectivity index (χ3v) is 5.49. The average molecular weight is 355 g/mol. The fourth-order valence-corrected chi connectivity index (χ4v) is 4.26. The number of benzene rings is 1. The Kier molecular flexibility index (Phi) is 4.07. The van der Waals surface area contributed by atoms with E-state index in [0.29, 0.717) is 23.8 Å². The molecule has 0 radical (unpaired) electrons. The predicted molar refractivity (Wildman–Crippen MR) is 96.1 cm³/mol. The fourth-order valence-electron chi connectivity index (χ4n) is 3.86. The molecule has 0 fully saturated rings. The minimum atomic E-state index is -0.303. The molecule has 0 bridgehead atoms. The summed E-state index contributed by atoms with van der Waals surface area (Å²) in [5, 5.41) is 0.639. The Balaban J connectivity index is 1.96. The highest BCUT2D eigenvalue weighted by atomic mass is 32.2. The van der Waals surface area contributed by atoms with Gasteiger partial charge in [-0.15, -0.1) is 0 Å². The molecule has 0 saturated carbocycles. The standard InChI is InChI=1S/C19H18FN3OS/c1-25-19-22-13-9-11-3-2-4-14(24)15(11)16(17(13)18(21)23-19)10-5-7-12(20)8-6-10/h5-8,16H,2-4,9H2,1H3,(H2,21,22,23). The minimum absolute atomic E-state index is 0.162. The number of halogens is 1. The number of nitrogen functional groups attached to an aromatic ring is 1. The number of fused-ring (bicyclic) bond motifs is 1. The second-order valence-corrected chi connectivity index (χ2v) is 7.18. The van der Waals surface area contributed by atoms with E-state index in [2.05, 4.69) is 9.97 Å². The summed E-state index contributed by atoms with van der Waals surface area (Å²) in [6.07, 6.45) is 4.88. The van der Waals surface area contributed by atoms with Gasteiger partial charge < -0.3 is 5.73 Å². The van der Waals surface area contributed by atoms with Gasteiger partial charge in [-0.3, -0.25) is 4.79 Å². The zero-order valence-corrected chi connectivity index (χ0v) is 14.7. The largest absolute Gasteiger partial charge is 0.383 e. The number of hydrogen-bond acceptors (Lipinski definition) is 5. The van der Waals surface area contributed by atoms with Gasteiger partial charge in [-0.25, -0.2) is 14.4 Å². The zero-order valence-electron chi connectivity index (χ0n) is 13.9. The monoisotopic (exact) mass is 355 g/mol. The number of rotatable bonds is 2. The number of ketones is 1. The fraction of sp³-hybridized carbons (Fsp3) is 0.316. The highest BCUT2D eigenvalue weighted by Gasteiger charge is 2.37. The van der Waals surface area contributed by atoms with E-state index < -0.39 is 0 Å². The van der Waals surface area contributed by atoms with Gasteiger partial charge in [0.05, 0.1) is 5.69 Å². The number of anilines is 1. The number of aromatic nitrogens is 2. The van der Waals surface area contributed by atoms with Gasteiger partial charge in [-0.1, -0.05) is 29.5 Å². The SMILES string of the molecule is CSc1nc(N)c2c(n1)CC1=C(C(=O)CCC1)C2c1ccc(F)cc1. The summed E-state index contributed by atoms with van der Waals surface area (Å²) in [5.41, 5.74) is 10.8. The summed E-state index contributed by atoms with van der Waals surface area (Å²) in [5.74, 6) is -0.0304. The molecule has 0 amide bonds. The summed E-state index contributed by atoms with van der Waals surface area (Å²) in [6, 6.07) is 6.29. The molecule has 2 aliphatic carbocycles. The van der Waals surface area contributed by atoms with Gasteiger partial charge in [0, 0.05) is 29.9 Å². The summed E-state index contributed by atoms with van der Waals surface area (Å²) in [7, 11) is 0. The lowest BCUT2D eigenvalue weighted by atomic mass is 9.71. The van der Waals surface area contributed by atoms with Crippen LogP contribution in [-0.4, -0.2) is 22.0 Å². The van der Waals surface area contributed by atoms with Crippen molar-refractivity contribution in [1.29, 1.82) is 0 Å². The van der Waals surface area contributed by atoms with Crippen LogP contribution in [-0.2, 0) is 11.2 Å². The number of carbonyl (C=O) groups excluding carboxylic acids is 1. The molecule has 1 atom stereocenters. The number of nitrogens with zero attached hydrogens (tertiary/aromatic N) is 2. The molecule has 1 unspecified atom stereocenters. The number of nitrogens with two attached hydrogens (primary N) is 1. The molecule has 2 aliphatic rings. The van der Waals surface area contributed by atoms with E-state index in [4.69, 9.17) is 5.73 Å². The van der Waals surface area contributed by atoms with E-state index in [1.54, 1.807) is 12.1 Å². The summed E-state index contributed by atoms with van der Waals surface area (Å²) in [4.78, 5) is 21.7. The predicted octanol–water partition coefficient (Wildman–Crippen LogP) is 3.66. The first-order valence-corrected chi connectivity index (χ1v) is 9.51. The summed E-state index contributed by atoms with van der Waals surface area (Å²) < 4.78 is 13.4.